The molecular weight excluding hydrogens is 170 g/mol. The molecule has 0 nitrogen and oxygen atoms in total. The number of hydrogen-bond donors (Lipinski definition) is 0. The van der Waals surface area contributed by atoms with E-state index in [0.29, 0.717) is 15.0 Å². The zero-order valence-electron chi connectivity index (χ0n) is 5.50. The average molecular weight is 177 g/mol. The van der Waals surface area contributed by atoms with Gasteiger partial charge in [-0.25, -0.2) is 0 Å². The van der Waals surface area contributed by atoms with Crippen molar-refractivity contribution in [3.05, 3.63) is 36.2 Å². The Morgan fingerprint density at radius 3 is 2.00 bits per heavy atom. The van der Waals surface area contributed by atoms with Crippen LogP contribution in [-0.4, -0.2) is 15.0 Å². The largest absolute Gasteiger partial charge is 1.00 e. The van der Waals surface area contributed by atoms with Crippen molar-refractivity contribution in [3.63, 3.8) is 0 Å². The van der Waals surface area contributed by atoms with E-state index in [4.69, 9.17) is 0 Å². The molecular formula is C7H7LiSe. The summed E-state index contributed by atoms with van der Waals surface area (Å²) in [6.45, 7) is 0. The maximum atomic E-state index is 3.82. The third-order valence-corrected chi connectivity index (χ3v) is 2.18. The minimum absolute atomic E-state index is 0. The molecule has 0 atom stereocenters. The Morgan fingerprint density at radius 1 is 1.11 bits per heavy atom. The van der Waals surface area contributed by atoms with Crippen molar-refractivity contribution >= 4 is 19.4 Å². The summed E-state index contributed by atoms with van der Waals surface area (Å²) in [6, 6.07) is 10.3. The fraction of sp³-hybridized carbons (Fsp3) is 0. The molecule has 0 saturated carbocycles. The molecule has 0 aromatic heterocycles. The van der Waals surface area contributed by atoms with Gasteiger partial charge in [-0.1, -0.05) is 0 Å². The van der Waals surface area contributed by atoms with E-state index in [0.717, 1.165) is 0 Å². The van der Waals surface area contributed by atoms with Crippen LogP contribution in [0.2, 0.25) is 0 Å². The monoisotopic (exact) mass is 178 g/mol. The van der Waals surface area contributed by atoms with Gasteiger partial charge in [-0.3, -0.25) is 0 Å². The summed E-state index contributed by atoms with van der Waals surface area (Å²) in [6.07, 6.45) is 0. The van der Waals surface area contributed by atoms with Crippen LogP contribution >= 0.6 is 0 Å². The van der Waals surface area contributed by atoms with Crippen LogP contribution < -0.4 is 23.3 Å². The van der Waals surface area contributed by atoms with Gasteiger partial charge in [0.15, 0.2) is 0 Å². The Morgan fingerprint density at radius 2 is 1.67 bits per heavy atom. The molecule has 1 aromatic carbocycles. The van der Waals surface area contributed by atoms with Gasteiger partial charge in [0.1, 0.15) is 0 Å². The predicted molar refractivity (Wildman–Crippen MR) is 37.2 cm³/mol. The summed E-state index contributed by atoms with van der Waals surface area (Å²) in [4.78, 5) is 0. The second-order valence-corrected chi connectivity index (χ2v) is 3.05. The molecule has 0 N–H and O–H groups in total. The summed E-state index contributed by atoms with van der Waals surface area (Å²) in [7, 11) is 0. The molecule has 0 unspecified atom stereocenters. The Hall–Kier alpha value is 0.337. The van der Waals surface area contributed by atoms with E-state index in [1.165, 1.54) is 4.46 Å². The van der Waals surface area contributed by atoms with E-state index in [1.54, 1.807) is 0 Å². The van der Waals surface area contributed by atoms with Crippen molar-refractivity contribution in [1.29, 1.82) is 0 Å². The van der Waals surface area contributed by atoms with Gasteiger partial charge in [-0.2, -0.15) is 0 Å². The van der Waals surface area contributed by atoms with Gasteiger partial charge >= 0.3 is 74.4 Å². The number of rotatable bonds is 1. The number of hydrogen-bond acceptors (Lipinski definition) is 0. The molecule has 0 fully saturated rings. The summed E-state index contributed by atoms with van der Waals surface area (Å²) >= 11 is 0.418. The molecule has 0 bridgehead atoms. The minimum atomic E-state index is 0. The Labute approximate surface area is 74.4 Å². The van der Waals surface area contributed by atoms with Gasteiger partial charge in [-0.15, -0.1) is 0 Å². The molecule has 0 aliphatic heterocycles. The first-order chi connectivity index (χ1) is 3.93. The Balaban J connectivity index is 0.000000640. The van der Waals surface area contributed by atoms with E-state index in [-0.39, 0.29) is 18.9 Å². The zero-order valence-corrected chi connectivity index (χ0v) is 7.22. The van der Waals surface area contributed by atoms with Crippen LogP contribution in [0.25, 0.3) is 0 Å². The van der Waals surface area contributed by atoms with Gasteiger partial charge in [0, 0.05) is 0 Å². The normalized spacial score (nSPS) is 8.11. The van der Waals surface area contributed by atoms with E-state index in [9.17, 15) is 0 Å². The fourth-order valence-corrected chi connectivity index (χ4v) is 1.25. The molecule has 0 heterocycles. The minimum Gasteiger partial charge on any atom is 1.00 e. The van der Waals surface area contributed by atoms with Crippen molar-refractivity contribution in [2.24, 2.45) is 0 Å². The zero-order chi connectivity index (χ0) is 5.82. The number of benzene rings is 1. The average Bonchev–Trinajstić information content (AvgIpc) is 1.90. The van der Waals surface area contributed by atoms with Crippen LogP contribution in [0.4, 0.5) is 0 Å². The fourth-order valence-electron chi connectivity index (χ4n) is 0.517. The second kappa shape index (κ2) is 5.15. The van der Waals surface area contributed by atoms with Gasteiger partial charge < -0.3 is 0 Å². The smallest absolute Gasteiger partial charge is 1.00 e. The van der Waals surface area contributed by atoms with Crippen molar-refractivity contribution in [2.45, 2.75) is 0 Å². The van der Waals surface area contributed by atoms with Crippen molar-refractivity contribution in [1.82, 2.24) is 0 Å². The first-order valence-corrected chi connectivity index (χ1v) is 4.47. The Bertz CT molecular complexity index is 150. The van der Waals surface area contributed by atoms with Crippen LogP contribution in [0.3, 0.4) is 0 Å². The predicted octanol–water partition coefficient (Wildman–Crippen LogP) is -2.19. The van der Waals surface area contributed by atoms with Crippen molar-refractivity contribution in [2.75, 3.05) is 0 Å². The quantitative estimate of drug-likeness (QED) is 0.337. The maximum Gasteiger partial charge on any atom is 1.00 e. The molecule has 0 saturated heterocycles. The van der Waals surface area contributed by atoms with E-state index < -0.39 is 0 Å². The first-order valence-electron chi connectivity index (χ1n) is 2.40. The van der Waals surface area contributed by atoms with E-state index in [2.05, 4.69) is 18.0 Å². The van der Waals surface area contributed by atoms with Crippen LogP contribution in [0, 0.1) is 5.82 Å². The van der Waals surface area contributed by atoms with E-state index >= 15 is 0 Å². The molecule has 2 heteroatoms. The van der Waals surface area contributed by atoms with Crippen molar-refractivity contribution in [3.8, 4) is 0 Å². The van der Waals surface area contributed by atoms with Gasteiger partial charge in [0.05, 0.1) is 0 Å². The van der Waals surface area contributed by atoms with Crippen LogP contribution in [-0.2, 0) is 0 Å². The second-order valence-electron chi connectivity index (χ2n) is 1.46. The summed E-state index contributed by atoms with van der Waals surface area (Å²) < 4.78 is 1.36. The molecule has 1 aromatic rings. The molecule has 9 heavy (non-hydrogen) atoms. The first kappa shape index (κ1) is 9.34. The van der Waals surface area contributed by atoms with Gasteiger partial charge in [0.2, 0.25) is 0 Å². The SMILES string of the molecule is [CH2-][Se]c1ccccc1.[Li+]. The molecule has 42 valence electrons. The molecule has 0 aliphatic carbocycles. The van der Waals surface area contributed by atoms with Gasteiger partial charge in [-0.05, 0) is 0 Å². The summed E-state index contributed by atoms with van der Waals surface area (Å²) in [5.74, 6) is 3.82. The summed E-state index contributed by atoms with van der Waals surface area (Å²) in [5.41, 5.74) is 0. The standard InChI is InChI=1S/C7H7Se.Li/c1-8-7-5-3-2-4-6-7;/h2-6H,1H2;/q-1;+1. The van der Waals surface area contributed by atoms with Gasteiger partial charge in [0.25, 0.3) is 0 Å². The molecule has 0 aliphatic rings. The van der Waals surface area contributed by atoms with Crippen LogP contribution in [0.15, 0.2) is 30.3 Å². The van der Waals surface area contributed by atoms with E-state index in [1.807, 2.05) is 18.2 Å². The third-order valence-electron chi connectivity index (χ3n) is 0.910. The Kier molecular flexibility index (Phi) is 5.34. The maximum absolute atomic E-state index is 3.82. The van der Waals surface area contributed by atoms with Crippen LogP contribution in [0.5, 0.6) is 0 Å². The molecule has 1 rings (SSSR count). The summed E-state index contributed by atoms with van der Waals surface area (Å²) in [5, 5.41) is 0. The van der Waals surface area contributed by atoms with Crippen LogP contribution in [0.1, 0.15) is 0 Å². The van der Waals surface area contributed by atoms with Crippen molar-refractivity contribution < 1.29 is 18.9 Å². The third kappa shape index (κ3) is 3.13. The molecule has 0 spiro atoms. The topological polar surface area (TPSA) is 0 Å². The molecule has 0 radical (unpaired) electrons. The molecule has 0 amide bonds.